The molecular weight excluding hydrogens is 176 g/mol. The van der Waals surface area contributed by atoms with Crippen molar-refractivity contribution in [3.8, 4) is 0 Å². The fraction of sp³-hybridized carbons (Fsp3) is 0.909. The molecule has 14 heavy (non-hydrogen) atoms. The Hall–Kier alpha value is -0.570. The molecule has 3 heteroatoms. The second kappa shape index (κ2) is 4.30. The van der Waals surface area contributed by atoms with Gasteiger partial charge in [0.2, 0.25) is 5.91 Å². The van der Waals surface area contributed by atoms with E-state index in [4.69, 9.17) is 0 Å². The van der Waals surface area contributed by atoms with Crippen molar-refractivity contribution in [1.82, 2.24) is 10.6 Å². The Labute approximate surface area is 86.6 Å². The highest BCUT2D eigenvalue weighted by Crippen LogP contribution is 2.38. The van der Waals surface area contributed by atoms with Crippen molar-refractivity contribution in [1.29, 1.82) is 0 Å². The molecule has 0 atom stereocenters. The molecule has 0 aromatic carbocycles. The third-order valence-corrected chi connectivity index (χ3v) is 2.73. The van der Waals surface area contributed by atoms with Crippen LogP contribution in [0.5, 0.6) is 0 Å². The molecule has 0 aromatic heterocycles. The molecule has 1 aliphatic rings. The van der Waals surface area contributed by atoms with Gasteiger partial charge in [0.15, 0.2) is 0 Å². The molecule has 2 N–H and O–H groups in total. The van der Waals surface area contributed by atoms with E-state index in [1.807, 2.05) is 13.8 Å². The van der Waals surface area contributed by atoms with Crippen LogP contribution in [0.3, 0.4) is 0 Å². The number of hydrogen-bond acceptors (Lipinski definition) is 2. The van der Waals surface area contributed by atoms with E-state index in [0.29, 0.717) is 18.5 Å². The minimum Gasteiger partial charge on any atom is -0.350 e. The highest BCUT2D eigenvalue weighted by atomic mass is 16.2. The van der Waals surface area contributed by atoms with Gasteiger partial charge in [-0.25, -0.2) is 0 Å². The molecule has 1 fully saturated rings. The van der Waals surface area contributed by atoms with Gasteiger partial charge in [-0.2, -0.15) is 0 Å². The summed E-state index contributed by atoms with van der Waals surface area (Å²) in [4.78, 5) is 11.5. The lowest BCUT2D eigenvalue weighted by Gasteiger charge is -2.26. The number of carbonyl (C=O) groups excluding carboxylic acids is 1. The molecule has 3 nitrogen and oxygen atoms in total. The van der Waals surface area contributed by atoms with Crippen molar-refractivity contribution in [3.63, 3.8) is 0 Å². The molecule has 0 unspecified atom stereocenters. The zero-order chi connectivity index (χ0) is 10.8. The van der Waals surface area contributed by atoms with Crippen molar-refractivity contribution < 1.29 is 4.79 Å². The Balaban J connectivity index is 2.25. The fourth-order valence-electron chi connectivity index (χ4n) is 1.61. The van der Waals surface area contributed by atoms with Crippen LogP contribution < -0.4 is 10.6 Å². The SMILES string of the molecule is CC(C)NCC(=O)NC(C)(C)C1CC1. The van der Waals surface area contributed by atoms with E-state index in [0.717, 1.165) is 0 Å². The summed E-state index contributed by atoms with van der Waals surface area (Å²) in [5.74, 6) is 0.793. The van der Waals surface area contributed by atoms with Crippen LogP contribution in [0.1, 0.15) is 40.5 Å². The van der Waals surface area contributed by atoms with Gasteiger partial charge in [-0.3, -0.25) is 4.79 Å². The van der Waals surface area contributed by atoms with Crippen LogP contribution in [0, 0.1) is 5.92 Å². The van der Waals surface area contributed by atoms with Crippen LogP contribution in [0.15, 0.2) is 0 Å². The molecule has 0 saturated heterocycles. The van der Waals surface area contributed by atoms with E-state index in [1.54, 1.807) is 0 Å². The molecule has 82 valence electrons. The van der Waals surface area contributed by atoms with Crippen LogP contribution in [0.2, 0.25) is 0 Å². The molecule has 0 heterocycles. The molecule has 1 rings (SSSR count). The third kappa shape index (κ3) is 3.66. The Morgan fingerprint density at radius 3 is 2.43 bits per heavy atom. The Kier molecular flexibility index (Phi) is 3.53. The fourth-order valence-corrected chi connectivity index (χ4v) is 1.61. The number of rotatable bonds is 5. The van der Waals surface area contributed by atoms with Crippen molar-refractivity contribution in [2.45, 2.75) is 52.1 Å². The van der Waals surface area contributed by atoms with Gasteiger partial charge in [0, 0.05) is 11.6 Å². The molecular formula is C11H22N2O. The van der Waals surface area contributed by atoms with Crippen LogP contribution in [0.4, 0.5) is 0 Å². The zero-order valence-electron chi connectivity index (χ0n) is 9.68. The maximum atomic E-state index is 11.5. The molecule has 0 aliphatic heterocycles. The average molecular weight is 198 g/mol. The van der Waals surface area contributed by atoms with Gasteiger partial charge >= 0.3 is 0 Å². The minimum absolute atomic E-state index is 0.0181. The smallest absolute Gasteiger partial charge is 0.234 e. The van der Waals surface area contributed by atoms with Crippen molar-refractivity contribution in [2.75, 3.05) is 6.54 Å². The second-order valence-corrected chi connectivity index (χ2v) is 5.08. The van der Waals surface area contributed by atoms with E-state index >= 15 is 0 Å². The minimum atomic E-state index is -0.0181. The van der Waals surface area contributed by atoms with Crippen LogP contribution in [-0.2, 0) is 4.79 Å². The summed E-state index contributed by atoms with van der Waals surface area (Å²) >= 11 is 0. The monoisotopic (exact) mass is 198 g/mol. The quantitative estimate of drug-likeness (QED) is 0.699. The van der Waals surface area contributed by atoms with Crippen LogP contribution in [0.25, 0.3) is 0 Å². The lowest BCUT2D eigenvalue weighted by Crippen LogP contribution is -2.49. The predicted molar refractivity (Wildman–Crippen MR) is 58.1 cm³/mol. The number of carbonyl (C=O) groups is 1. The van der Waals surface area contributed by atoms with Gasteiger partial charge < -0.3 is 10.6 Å². The van der Waals surface area contributed by atoms with Gasteiger partial charge in [0.1, 0.15) is 0 Å². The number of nitrogens with one attached hydrogen (secondary N) is 2. The summed E-state index contributed by atoms with van der Waals surface area (Å²) in [5.41, 5.74) is -0.0181. The topological polar surface area (TPSA) is 41.1 Å². The zero-order valence-corrected chi connectivity index (χ0v) is 9.68. The first-order chi connectivity index (χ1) is 6.42. The second-order valence-electron chi connectivity index (χ2n) is 5.08. The van der Waals surface area contributed by atoms with E-state index < -0.39 is 0 Å². The summed E-state index contributed by atoms with van der Waals surface area (Å²) in [6.07, 6.45) is 2.51. The van der Waals surface area contributed by atoms with Crippen molar-refractivity contribution in [3.05, 3.63) is 0 Å². The summed E-state index contributed by atoms with van der Waals surface area (Å²) in [7, 11) is 0. The van der Waals surface area contributed by atoms with E-state index in [9.17, 15) is 4.79 Å². The normalized spacial score (nSPS) is 17.2. The molecule has 1 saturated carbocycles. The average Bonchev–Trinajstić information content (AvgIpc) is 2.81. The lowest BCUT2D eigenvalue weighted by atomic mass is 9.99. The van der Waals surface area contributed by atoms with Gasteiger partial charge in [-0.15, -0.1) is 0 Å². The van der Waals surface area contributed by atoms with E-state index in [1.165, 1.54) is 12.8 Å². The first kappa shape index (κ1) is 11.5. The van der Waals surface area contributed by atoms with E-state index in [-0.39, 0.29) is 11.4 Å². The van der Waals surface area contributed by atoms with Crippen molar-refractivity contribution in [2.24, 2.45) is 5.92 Å². The Morgan fingerprint density at radius 1 is 1.43 bits per heavy atom. The number of amides is 1. The molecule has 0 spiro atoms. The number of hydrogen-bond donors (Lipinski definition) is 2. The predicted octanol–water partition coefficient (Wildman–Crippen LogP) is 1.29. The van der Waals surface area contributed by atoms with Crippen LogP contribution in [-0.4, -0.2) is 24.0 Å². The van der Waals surface area contributed by atoms with Crippen molar-refractivity contribution >= 4 is 5.91 Å². The summed E-state index contributed by atoms with van der Waals surface area (Å²) in [5, 5.41) is 6.19. The molecule has 0 radical (unpaired) electrons. The standard InChI is InChI=1S/C11H22N2O/c1-8(2)12-7-10(14)13-11(3,4)9-5-6-9/h8-9,12H,5-7H2,1-4H3,(H,13,14). The van der Waals surface area contributed by atoms with Crippen LogP contribution >= 0.6 is 0 Å². The maximum absolute atomic E-state index is 11.5. The first-order valence-electron chi connectivity index (χ1n) is 5.46. The van der Waals surface area contributed by atoms with Gasteiger partial charge in [-0.1, -0.05) is 13.8 Å². The Morgan fingerprint density at radius 2 is 2.00 bits per heavy atom. The molecule has 0 aromatic rings. The van der Waals surface area contributed by atoms with Gasteiger partial charge in [0.25, 0.3) is 0 Å². The first-order valence-corrected chi connectivity index (χ1v) is 5.46. The molecule has 0 bridgehead atoms. The molecule has 1 aliphatic carbocycles. The maximum Gasteiger partial charge on any atom is 0.234 e. The molecule has 1 amide bonds. The largest absolute Gasteiger partial charge is 0.350 e. The van der Waals surface area contributed by atoms with Gasteiger partial charge in [-0.05, 0) is 32.6 Å². The Bertz CT molecular complexity index is 207. The lowest BCUT2D eigenvalue weighted by molar-refractivity contribution is -0.122. The third-order valence-electron chi connectivity index (χ3n) is 2.73. The summed E-state index contributed by atoms with van der Waals surface area (Å²) in [6, 6.07) is 0.366. The highest BCUT2D eigenvalue weighted by Gasteiger charge is 2.38. The van der Waals surface area contributed by atoms with Gasteiger partial charge in [0.05, 0.1) is 6.54 Å². The van der Waals surface area contributed by atoms with E-state index in [2.05, 4.69) is 24.5 Å². The summed E-state index contributed by atoms with van der Waals surface area (Å²) < 4.78 is 0. The summed E-state index contributed by atoms with van der Waals surface area (Å²) in [6.45, 7) is 8.72. The highest BCUT2D eigenvalue weighted by molar-refractivity contribution is 5.78.